The number of aromatic nitrogens is 5. The van der Waals surface area contributed by atoms with Crippen molar-refractivity contribution in [3.63, 3.8) is 0 Å². The van der Waals surface area contributed by atoms with E-state index >= 15 is 0 Å². The average molecular weight is 352 g/mol. The number of nitrogens with zero attached hydrogens (tertiary/aromatic N) is 6. The minimum absolute atomic E-state index is 0.0424. The molecule has 4 heterocycles. The molecule has 1 saturated carbocycles. The molecule has 3 aromatic rings. The van der Waals surface area contributed by atoms with E-state index in [1.54, 1.807) is 0 Å². The van der Waals surface area contributed by atoms with Crippen molar-refractivity contribution in [1.82, 2.24) is 29.9 Å². The summed E-state index contributed by atoms with van der Waals surface area (Å²) < 4.78 is 7.14. The van der Waals surface area contributed by atoms with Gasteiger partial charge in [-0.05, 0) is 44.7 Å². The minimum Gasteiger partial charge on any atom is -0.360 e. The smallest absolute Gasteiger partial charge is 0.276 e. The largest absolute Gasteiger partial charge is 0.360 e. The molecule has 3 aromatic heterocycles. The molecule has 8 nitrogen and oxygen atoms in total. The van der Waals surface area contributed by atoms with E-state index < -0.39 is 0 Å². The van der Waals surface area contributed by atoms with Gasteiger partial charge in [-0.25, -0.2) is 0 Å². The fourth-order valence-electron chi connectivity index (χ4n) is 3.60. The number of hydrogen-bond donors (Lipinski definition) is 0. The van der Waals surface area contributed by atoms with Crippen LogP contribution >= 0.6 is 0 Å². The van der Waals surface area contributed by atoms with Gasteiger partial charge in [0, 0.05) is 31.0 Å². The average Bonchev–Trinajstić information content (AvgIpc) is 3.25. The molecule has 134 valence electrons. The summed E-state index contributed by atoms with van der Waals surface area (Å²) in [5.74, 6) is 2.40. The number of hydrogen-bond acceptors (Lipinski definition) is 6. The number of piperidine rings is 1. The molecule has 8 heteroatoms. The minimum atomic E-state index is -0.0424. The Morgan fingerprint density at radius 2 is 1.92 bits per heavy atom. The third-order valence-corrected chi connectivity index (χ3v) is 5.29. The molecule has 0 unspecified atom stereocenters. The number of amides is 1. The molecule has 2 aliphatic rings. The Morgan fingerprint density at radius 3 is 2.69 bits per heavy atom. The van der Waals surface area contributed by atoms with E-state index in [1.165, 1.54) is 0 Å². The Balaban J connectivity index is 1.29. The highest BCUT2D eigenvalue weighted by Gasteiger charge is 2.32. The monoisotopic (exact) mass is 352 g/mol. The fraction of sp³-hybridized carbons (Fsp3) is 0.500. The second-order valence-electron chi connectivity index (χ2n) is 7.26. The zero-order valence-corrected chi connectivity index (χ0v) is 14.6. The summed E-state index contributed by atoms with van der Waals surface area (Å²) in [5.41, 5.74) is 2.12. The van der Waals surface area contributed by atoms with Gasteiger partial charge >= 0.3 is 0 Å². The summed E-state index contributed by atoms with van der Waals surface area (Å²) in [7, 11) is 0. The van der Waals surface area contributed by atoms with Crippen molar-refractivity contribution in [2.75, 3.05) is 13.1 Å². The molecule has 1 saturated heterocycles. The van der Waals surface area contributed by atoms with E-state index in [9.17, 15) is 4.79 Å². The highest BCUT2D eigenvalue weighted by atomic mass is 16.5. The molecule has 0 N–H and O–H groups in total. The van der Waals surface area contributed by atoms with Gasteiger partial charge < -0.3 is 9.42 Å². The van der Waals surface area contributed by atoms with Gasteiger partial charge in [-0.1, -0.05) is 5.16 Å². The zero-order chi connectivity index (χ0) is 17.7. The SMILES string of the molecule is Cc1ccc2nnc(C3CCN(C(=O)c4cc(C5CC5)on4)CC3)n2n1. The lowest BCUT2D eigenvalue weighted by molar-refractivity contribution is 0.0700. The van der Waals surface area contributed by atoms with Crippen LogP contribution in [0.15, 0.2) is 22.7 Å². The van der Waals surface area contributed by atoms with Gasteiger partial charge in [-0.3, -0.25) is 4.79 Å². The summed E-state index contributed by atoms with van der Waals surface area (Å²) in [6, 6.07) is 5.67. The highest BCUT2D eigenvalue weighted by molar-refractivity contribution is 5.92. The second kappa shape index (κ2) is 5.89. The molecular formula is C18H20N6O2. The first kappa shape index (κ1) is 15.5. The van der Waals surface area contributed by atoms with Gasteiger partial charge in [0.05, 0.1) is 5.69 Å². The molecule has 1 amide bonds. The van der Waals surface area contributed by atoms with Crippen molar-refractivity contribution in [2.24, 2.45) is 0 Å². The second-order valence-corrected chi connectivity index (χ2v) is 7.26. The van der Waals surface area contributed by atoms with Gasteiger partial charge in [-0.15, -0.1) is 10.2 Å². The van der Waals surface area contributed by atoms with E-state index in [-0.39, 0.29) is 11.8 Å². The van der Waals surface area contributed by atoms with E-state index in [1.807, 2.05) is 34.5 Å². The number of likely N-dealkylation sites (tertiary alicyclic amines) is 1. The number of carbonyl (C=O) groups excluding carboxylic acids is 1. The number of rotatable bonds is 3. The highest BCUT2D eigenvalue weighted by Crippen LogP contribution is 2.40. The lowest BCUT2D eigenvalue weighted by atomic mass is 9.96. The lowest BCUT2D eigenvalue weighted by Gasteiger charge is -2.30. The van der Waals surface area contributed by atoms with Crippen LogP contribution < -0.4 is 0 Å². The van der Waals surface area contributed by atoms with E-state index in [0.717, 1.165) is 48.6 Å². The molecular weight excluding hydrogens is 332 g/mol. The van der Waals surface area contributed by atoms with Crippen LogP contribution in [0.4, 0.5) is 0 Å². The van der Waals surface area contributed by atoms with Crippen LogP contribution in [0, 0.1) is 6.92 Å². The maximum Gasteiger partial charge on any atom is 0.276 e. The quantitative estimate of drug-likeness (QED) is 0.719. The summed E-state index contributed by atoms with van der Waals surface area (Å²) >= 11 is 0. The maximum absolute atomic E-state index is 12.7. The Bertz CT molecular complexity index is 965. The normalized spacial score (nSPS) is 18.6. The van der Waals surface area contributed by atoms with Crippen molar-refractivity contribution in [3.05, 3.63) is 41.2 Å². The molecule has 0 atom stereocenters. The summed E-state index contributed by atoms with van der Waals surface area (Å²) in [5, 5.41) is 17.0. The Kier molecular flexibility index (Phi) is 3.51. The molecule has 0 radical (unpaired) electrons. The van der Waals surface area contributed by atoms with Crippen LogP contribution in [0.25, 0.3) is 5.65 Å². The van der Waals surface area contributed by atoms with Crippen LogP contribution in [0.5, 0.6) is 0 Å². The maximum atomic E-state index is 12.7. The molecule has 5 rings (SSSR count). The fourth-order valence-corrected chi connectivity index (χ4v) is 3.60. The Labute approximate surface area is 150 Å². The third-order valence-electron chi connectivity index (χ3n) is 5.29. The molecule has 1 aliphatic carbocycles. The van der Waals surface area contributed by atoms with Gasteiger partial charge in [0.25, 0.3) is 5.91 Å². The predicted molar refractivity (Wildman–Crippen MR) is 91.9 cm³/mol. The zero-order valence-electron chi connectivity index (χ0n) is 14.6. The van der Waals surface area contributed by atoms with Gasteiger partial charge in [-0.2, -0.15) is 9.61 Å². The van der Waals surface area contributed by atoms with Gasteiger partial charge in [0.2, 0.25) is 0 Å². The lowest BCUT2D eigenvalue weighted by Crippen LogP contribution is -2.38. The molecule has 1 aliphatic heterocycles. The molecule has 26 heavy (non-hydrogen) atoms. The van der Waals surface area contributed by atoms with Crippen LogP contribution in [0.1, 0.15) is 65.3 Å². The van der Waals surface area contributed by atoms with Crippen molar-refractivity contribution in [2.45, 2.75) is 44.4 Å². The Hall–Kier alpha value is -2.77. The third kappa shape index (κ3) is 2.65. The van der Waals surface area contributed by atoms with E-state index in [2.05, 4.69) is 20.5 Å². The van der Waals surface area contributed by atoms with Crippen LogP contribution in [-0.4, -0.2) is 48.9 Å². The summed E-state index contributed by atoms with van der Waals surface area (Å²) in [6.45, 7) is 3.31. The summed E-state index contributed by atoms with van der Waals surface area (Å²) in [6.07, 6.45) is 3.95. The van der Waals surface area contributed by atoms with Gasteiger partial charge in [0.15, 0.2) is 17.2 Å². The molecule has 0 aromatic carbocycles. The van der Waals surface area contributed by atoms with Crippen LogP contribution in [0.2, 0.25) is 0 Å². The van der Waals surface area contributed by atoms with Crippen molar-refractivity contribution < 1.29 is 9.32 Å². The topological polar surface area (TPSA) is 89.4 Å². The molecule has 2 fully saturated rings. The first-order valence-corrected chi connectivity index (χ1v) is 9.14. The van der Waals surface area contributed by atoms with E-state index in [4.69, 9.17) is 4.52 Å². The summed E-state index contributed by atoms with van der Waals surface area (Å²) in [4.78, 5) is 14.5. The number of carbonyl (C=O) groups is 1. The van der Waals surface area contributed by atoms with Gasteiger partial charge in [0.1, 0.15) is 5.76 Å². The van der Waals surface area contributed by atoms with Crippen LogP contribution in [0.3, 0.4) is 0 Å². The van der Waals surface area contributed by atoms with Crippen molar-refractivity contribution in [3.8, 4) is 0 Å². The molecule has 0 bridgehead atoms. The first-order chi connectivity index (χ1) is 12.7. The standard InChI is InChI=1S/C18H20N6O2/c1-11-2-5-16-19-20-17(24(16)21-11)13-6-8-23(9-7-13)18(25)14-10-15(26-22-14)12-3-4-12/h2,5,10,12-13H,3-4,6-9H2,1H3. The predicted octanol–water partition coefficient (Wildman–Crippen LogP) is 2.32. The first-order valence-electron chi connectivity index (χ1n) is 9.14. The van der Waals surface area contributed by atoms with Crippen LogP contribution in [-0.2, 0) is 0 Å². The number of fused-ring (bicyclic) bond motifs is 1. The van der Waals surface area contributed by atoms with E-state index in [0.29, 0.717) is 24.7 Å². The Morgan fingerprint density at radius 1 is 1.12 bits per heavy atom. The van der Waals surface area contributed by atoms with Crippen molar-refractivity contribution in [1.29, 1.82) is 0 Å². The van der Waals surface area contributed by atoms with Crippen molar-refractivity contribution >= 4 is 11.6 Å². The number of aryl methyl sites for hydroxylation is 1. The molecule has 0 spiro atoms.